The molecule has 26 heavy (non-hydrogen) atoms. The Morgan fingerprint density at radius 3 is 2.65 bits per heavy atom. The van der Waals surface area contributed by atoms with Gasteiger partial charge < -0.3 is 10.6 Å². The zero-order valence-electron chi connectivity index (χ0n) is 16.4. The predicted molar refractivity (Wildman–Crippen MR) is 107 cm³/mol. The Bertz CT molecular complexity index is 556. The molecule has 4 heteroatoms. The summed E-state index contributed by atoms with van der Waals surface area (Å²) < 4.78 is 0. The molecular formula is C22H35N3O. The fourth-order valence-corrected chi connectivity index (χ4v) is 4.56. The first-order valence-electron chi connectivity index (χ1n) is 10.4. The summed E-state index contributed by atoms with van der Waals surface area (Å²) in [4.78, 5) is 15.0. The van der Waals surface area contributed by atoms with Crippen molar-refractivity contribution in [3.63, 3.8) is 0 Å². The van der Waals surface area contributed by atoms with E-state index in [0.717, 1.165) is 39.0 Å². The highest BCUT2D eigenvalue weighted by Gasteiger charge is 2.28. The lowest BCUT2D eigenvalue weighted by Crippen LogP contribution is -2.48. The molecule has 2 N–H and O–H groups in total. The van der Waals surface area contributed by atoms with E-state index in [4.69, 9.17) is 0 Å². The van der Waals surface area contributed by atoms with E-state index in [1.807, 2.05) is 0 Å². The predicted octanol–water partition coefficient (Wildman–Crippen LogP) is 3.18. The van der Waals surface area contributed by atoms with Crippen LogP contribution in [0.2, 0.25) is 0 Å². The lowest BCUT2D eigenvalue weighted by molar-refractivity contribution is -0.123. The van der Waals surface area contributed by atoms with Gasteiger partial charge in [-0.1, -0.05) is 37.3 Å². The summed E-state index contributed by atoms with van der Waals surface area (Å²) in [5.74, 6) is 1.45. The summed E-state index contributed by atoms with van der Waals surface area (Å²) >= 11 is 0. The van der Waals surface area contributed by atoms with Gasteiger partial charge in [-0.15, -0.1) is 0 Å². The lowest BCUT2D eigenvalue weighted by Gasteiger charge is -2.38. The second kappa shape index (κ2) is 9.52. The van der Waals surface area contributed by atoms with Crippen molar-refractivity contribution in [2.24, 2.45) is 11.8 Å². The zero-order valence-corrected chi connectivity index (χ0v) is 16.4. The summed E-state index contributed by atoms with van der Waals surface area (Å²) in [6.45, 7) is 8.82. The molecule has 0 spiro atoms. The minimum Gasteiger partial charge on any atom is -0.353 e. The molecule has 0 aliphatic carbocycles. The first-order chi connectivity index (χ1) is 12.6. The Morgan fingerprint density at radius 2 is 1.96 bits per heavy atom. The quantitative estimate of drug-likeness (QED) is 0.822. The molecule has 1 aromatic rings. The van der Waals surface area contributed by atoms with E-state index in [1.165, 1.54) is 18.4 Å². The number of hydrogen-bond acceptors (Lipinski definition) is 3. The van der Waals surface area contributed by atoms with Crippen molar-refractivity contribution in [3.05, 3.63) is 35.9 Å². The maximum Gasteiger partial charge on any atom is 0.220 e. The number of benzene rings is 1. The molecule has 2 fully saturated rings. The molecule has 2 aliphatic heterocycles. The van der Waals surface area contributed by atoms with Crippen molar-refractivity contribution >= 4 is 5.91 Å². The molecule has 1 aromatic carbocycles. The Kier molecular flexibility index (Phi) is 7.09. The summed E-state index contributed by atoms with van der Waals surface area (Å²) in [7, 11) is 0. The number of piperidine rings is 2. The SMILES string of the molecule is CC(CC(=O)NC1CCN(Cc2ccccc2)C(C)C1)C1CCNCC1. The average molecular weight is 358 g/mol. The topological polar surface area (TPSA) is 44.4 Å². The first-order valence-corrected chi connectivity index (χ1v) is 10.4. The van der Waals surface area contributed by atoms with Crippen LogP contribution in [0.3, 0.4) is 0 Å². The fourth-order valence-electron chi connectivity index (χ4n) is 4.56. The van der Waals surface area contributed by atoms with E-state index in [0.29, 0.717) is 30.3 Å². The highest BCUT2D eigenvalue weighted by molar-refractivity contribution is 5.76. The van der Waals surface area contributed by atoms with Crippen molar-refractivity contribution in [1.29, 1.82) is 0 Å². The van der Waals surface area contributed by atoms with Crippen molar-refractivity contribution in [1.82, 2.24) is 15.5 Å². The highest BCUT2D eigenvalue weighted by Crippen LogP contribution is 2.25. The molecule has 3 atom stereocenters. The van der Waals surface area contributed by atoms with Crippen LogP contribution in [-0.2, 0) is 11.3 Å². The molecule has 144 valence electrons. The average Bonchev–Trinajstić information content (AvgIpc) is 2.65. The summed E-state index contributed by atoms with van der Waals surface area (Å²) in [6, 6.07) is 11.5. The van der Waals surface area contributed by atoms with Crippen LogP contribution < -0.4 is 10.6 Å². The molecule has 3 rings (SSSR count). The lowest BCUT2D eigenvalue weighted by atomic mass is 9.84. The molecule has 1 amide bonds. The third-order valence-corrected chi connectivity index (χ3v) is 6.30. The third-order valence-electron chi connectivity index (χ3n) is 6.30. The standard InChI is InChI=1S/C22H35N3O/c1-17(20-8-11-23-12-9-20)14-22(26)24-21-10-13-25(18(2)15-21)16-19-6-4-3-5-7-19/h3-7,17-18,20-21,23H,8-16H2,1-2H3,(H,24,26). The van der Waals surface area contributed by atoms with Crippen LogP contribution in [0.15, 0.2) is 30.3 Å². The Hall–Kier alpha value is -1.39. The van der Waals surface area contributed by atoms with Crippen LogP contribution in [0, 0.1) is 11.8 Å². The number of amides is 1. The van der Waals surface area contributed by atoms with Crippen molar-refractivity contribution in [2.75, 3.05) is 19.6 Å². The van der Waals surface area contributed by atoms with E-state index in [9.17, 15) is 4.79 Å². The summed E-state index contributed by atoms with van der Waals surface area (Å²) in [5.41, 5.74) is 1.37. The van der Waals surface area contributed by atoms with Crippen molar-refractivity contribution in [2.45, 2.75) is 64.6 Å². The molecule has 0 aromatic heterocycles. The van der Waals surface area contributed by atoms with Gasteiger partial charge in [-0.25, -0.2) is 0 Å². The van der Waals surface area contributed by atoms with Crippen LogP contribution in [0.5, 0.6) is 0 Å². The van der Waals surface area contributed by atoms with Gasteiger partial charge in [-0.05, 0) is 63.1 Å². The van der Waals surface area contributed by atoms with Gasteiger partial charge in [0.1, 0.15) is 0 Å². The zero-order chi connectivity index (χ0) is 18.4. The number of hydrogen-bond donors (Lipinski definition) is 2. The van der Waals surface area contributed by atoms with E-state index >= 15 is 0 Å². The van der Waals surface area contributed by atoms with E-state index in [-0.39, 0.29) is 5.91 Å². The second-order valence-electron chi connectivity index (χ2n) is 8.36. The van der Waals surface area contributed by atoms with E-state index in [2.05, 4.69) is 59.7 Å². The number of likely N-dealkylation sites (tertiary alicyclic amines) is 1. The first kappa shape index (κ1) is 19.4. The van der Waals surface area contributed by atoms with Gasteiger partial charge in [0, 0.05) is 31.6 Å². The monoisotopic (exact) mass is 357 g/mol. The summed E-state index contributed by atoms with van der Waals surface area (Å²) in [5, 5.41) is 6.73. The second-order valence-corrected chi connectivity index (χ2v) is 8.36. The van der Waals surface area contributed by atoms with Gasteiger partial charge in [0.05, 0.1) is 0 Å². The summed E-state index contributed by atoms with van der Waals surface area (Å²) in [6.07, 6.45) is 5.22. The molecule has 0 saturated carbocycles. The highest BCUT2D eigenvalue weighted by atomic mass is 16.1. The van der Waals surface area contributed by atoms with Gasteiger partial charge in [-0.3, -0.25) is 9.69 Å². The molecule has 0 bridgehead atoms. The number of nitrogens with one attached hydrogen (secondary N) is 2. The molecule has 2 aliphatic rings. The van der Waals surface area contributed by atoms with Gasteiger partial charge in [0.15, 0.2) is 0 Å². The molecular weight excluding hydrogens is 322 g/mol. The van der Waals surface area contributed by atoms with Crippen molar-refractivity contribution in [3.8, 4) is 0 Å². The number of carbonyl (C=O) groups is 1. The van der Waals surface area contributed by atoms with E-state index in [1.54, 1.807) is 0 Å². The van der Waals surface area contributed by atoms with Crippen LogP contribution in [0.1, 0.15) is 51.5 Å². The molecule has 4 nitrogen and oxygen atoms in total. The van der Waals surface area contributed by atoms with Gasteiger partial charge in [-0.2, -0.15) is 0 Å². The number of carbonyl (C=O) groups excluding carboxylic acids is 1. The number of nitrogens with zero attached hydrogens (tertiary/aromatic N) is 1. The normalized spacial score (nSPS) is 26.4. The molecule has 2 heterocycles. The maximum absolute atomic E-state index is 12.5. The van der Waals surface area contributed by atoms with E-state index < -0.39 is 0 Å². The van der Waals surface area contributed by atoms with Crippen LogP contribution in [0.25, 0.3) is 0 Å². The Balaban J connectivity index is 1.41. The molecule has 0 radical (unpaired) electrons. The van der Waals surface area contributed by atoms with Gasteiger partial charge in [0.2, 0.25) is 5.91 Å². The minimum absolute atomic E-state index is 0.254. The Labute approximate surface area is 158 Å². The molecule has 2 saturated heterocycles. The van der Waals surface area contributed by atoms with Crippen LogP contribution >= 0.6 is 0 Å². The minimum atomic E-state index is 0.254. The van der Waals surface area contributed by atoms with Gasteiger partial charge >= 0.3 is 0 Å². The van der Waals surface area contributed by atoms with Gasteiger partial charge in [0.25, 0.3) is 0 Å². The maximum atomic E-state index is 12.5. The smallest absolute Gasteiger partial charge is 0.220 e. The number of rotatable bonds is 6. The van der Waals surface area contributed by atoms with Crippen LogP contribution in [0.4, 0.5) is 0 Å². The van der Waals surface area contributed by atoms with Crippen molar-refractivity contribution < 1.29 is 4.79 Å². The molecule has 3 unspecified atom stereocenters. The Morgan fingerprint density at radius 1 is 1.23 bits per heavy atom. The largest absolute Gasteiger partial charge is 0.353 e. The fraction of sp³-hybridized carbons (Fsp3) is 0.682. The third kappa shape index (κ3) is 5.55. The van der Waals surface area contributed by atoms with Crippen LogP contribution in [-0.4, -0.2) is 42.5 Å².